The zero-order chi connectivity index (χ0) is 20.1. The highest BCUT2D eigenvalue weighted by Crippen LogP contribution is 2.30. The van der Waals surface area contributed by atoms with Crippen LogP contribution in [0.4, 0.5) is 5.69 Å². The highest BCUT2D eigenvalue weighted by atomic mass is 16.5. The Morgan fingerprint density at radius 3 is 2.31 bits per heavy atom. The molecule has 29 heavy (non-hydrogen) atoms. The van der Waals surface area contributed by atoms with Crippen molar-refractivity contribution in [2.24, 2.45) is 0 Å². The molecule has 0 aliphatic heterocycles. The molecule has 4 nitrogen and oxygen atoms in total. The normalized spacial score (nSPS) is 10.5. The summed E-state index contributed by atoms with van der Waals surface area (Å²) in [4.78, 5) is 12.8. The van der Waals surface area contributed by atoms with Crippen molar-refractivity contribution in [3.05, 3.63) is 102 Å². The van der Waals surface area contributed by atoms with Crippen LogP contribution in [0.5, 0.6) is 11.5 Å². The summed E-state index contributed by atoms with van der Waals surface area (Å²) < 4.78 is 11.3. The lowest BCUT2D eigenvalue weighted by atomic mass is 10.0. The molecule has 4 rings (SSSR count). The molecule has 0 radical (unpaired) electrons. The van der Waals surface area contributed by atoms with E-state index in [2.05, 4.69) is 5.32 Å². The topological polar surface area (TPSA) is 47.6 Å². The summed E-state index contributed by atoms with van der Waals surface area (Å²) in [6.07, 6.45) is 0. The van der Waals surface area contributed by atoms with Crippen molar-refractivity contribution in [2.45, 2.75) is 6.61 Å². The number of methoxy groups -OCH3 is 1. The molecule has 1 N–H and O–H groups in total. The molecule has 144 valence electrons. The SMILES string of the molecule is COc1c(C(=O)Nc2ccc(OCc3ccccc3)cc2)ccc2ccccc12. The number of anilines is 1. The van der Waals surface area contributed by atoms with E-state index in [4.69, 9.17) is 9.47 Å². The number of hydrogen-bond acceptors (Lipinski definition) is 3. The fraction of sp³-hybridized carbons (Fsp3) is 0.0800. The summed E-state index contributed by atoms with van der Waals surface area (Å²) in [6.45, 7) is 0.501. The van der Waals surface area contributed by atoms with Crippen LogP contribution in [-0.4, -0.2) is 13.0 Å². The number of ether oxygens (including phenoxy) is 2. The molecule has 0 saturated heterocycles. The molecule has 0 aromatic heterocycles. The van der Waals surface area contributed by atoms with E-state index in [-0.39, 0.29) is 5.91 Å². The second kappa shape index (κ2) is 8.48. The minimum Gasteiger partial charge on any atom is -0.495 e. The number of hydrogen-bond donors (Lipinski definition) is 1. The van der Waals surface area contributed by atoms with E-state index in [9.17, 15) is 4.79 Å². The monoisotopic (exact) mass is 383 g/mol. The van der Waals surface area contributed by atoms with Gasteiger partial charge in [0.25, 0.3) is 5.91 Å². The van der Waals surface area contributed by atoms with Gasteiger partial charge >= 0.3 is 0 Å². The molecule has 0 fully saturated rings. The van der Waals surface area contributed by atoms with Gasteiger partial charge in [-0.25, -0.2) is 0 Å². The summed E-state index contributed by atoms with van der Waals surface area (Å²) in [7, 11) is 1.58. The third-order valence-electron chi connectivity index (χ3n) is 4.69. The van der Waals surface area contributed by atoms with Crippen LogP contribution in [0.1, 0.15) is 15.9 Å². The molecule has 0 aliphatic carbocycles. The first-order chi connectivity index (χ1) is 14.2. The number of rotatable bonds is 6. The Kier molecular flexibility index (Phi) is 5.43. The minimum absolute atomic E-state index is 0.217. The van der Waals surface area contributed by atoms with Crippen LogP contribution < -0.4 is 14.8 Å². The van der Waals surface area contributed by atoms with Gasteiger partial charge in [0.15, 0.2) is 0 Å². The average molecular weight is 383 g/mol. The molecule has 0 unspecified atom stereocenters. The average Bonchev–Trinajstić information content (AvgIpc) is 2.78. The quantitative estimate of drug-likeness (QED) is 0.466. The maximum Gasteiger partial charge on any atom is 0.259 e. The van der Waals surface area contributed by atoms with Crippen molar-refractivity contribution in [2.75, 3.05) is 12.4 Å². The maximum atomic E-state index is 12.8. The van der Waals surface area contributed by atoms with Gasteiger partial charge in [-0.05, 0) is 41.3 Å². The second-order valence-corrected chi connectivity index (χ2v) is 6.62. The fourth-order valence-corrected chi connectivity index (χ4v) is 3.22. The van der Waals surface area contributed by atoms with Gasteiger partial charge in [0, 0.05) is 11.1 Å². The van der Waals surface area contributed by atoms with Crippen molar-refractivity contribution in [1.82, 2.24) is 0 Å². The lowest BCUT2D eigenvalue weighted by molar-refractivity contribution is 0.102. The molecule has 0 aliphatic rings. The molecule has 0 bridgehead atoms. The Morgan fingerprint density at radius 2 is 1.55 bits per heavy atom. The van der Waals surface area contributed by atoms with Gasteiger partial charge in [0.2, 0.25) is 0 Å². The Morgan fingerprint density at radius 1 is 0.828 bits per heavy atom. The van der Waals surface area contributed by atoms with E-state index in [1.807, 2.05) is 84.9 Å². The smallest absolute Gasteiger partial charge is 0.259 e. The van der Waals surface area contributed by atoms with Crippen molar-refractivity contribution in [1.29, 1.82) is 0 Å². The first-order valence-corrected chi connectivity index (χ1v) is 9.38. The van der Waals surface area contributed by atoms with E-state index >= 15 is 0 Å². The van der Waals surface area contributed by atoms with E-state index in [0.29, 0.717) is 23.6 Å². The summed E-state index contributed by atoms with van der Waals surface area (Å²) in [6, 6.07) is 28.9. The van der Waals surface area contributed by atoms with Crippen LogP contribution >= 0.6 is 0 Å². The molecule has 0 spiro atoms. The van der Waals surface area contributed by atoms with Crippen molar-refractivity contribution in [3.63, 3.8) is 0 Å². The van der Waals surface area contributed by atoms with E-state index in [1.165, 1.54) is 0 Å². The van der Waals surface area contributed by atoms with Gasteiger partial charge in [-0.3, -0.25) is 4.79 Å². The number of carbonyl (C=O) groups excluding carboxylic acids is 1. The van der Waals surface area contributed by atoms with Gasteiger partial charge in [-0.1, -0.05) is 60.7 Å². The van der Waals surface area contributed by atoms with Crippen molar-refractivity contribution < 1.29 is 14.3 Å². The number of amides is 1. The van der Waals surface area contributed by atoms with Crippen LogP contribution in [0, 0.1) is 0 Å². The number of nitrogens with one attached hydrogen (secondary N) is 1. The van der Waals surface area contributed by atoms with E-state index in [0.717, 1.165) is 22.1 Å². The predicted molar refractivity (Wildman–Crippen MR) is 116 cm³/mol. The van der Waals surface area contributed by atoms with Crippen LogP contribution in [-0.2, 0) is 6.61 Å². The zero-order valence-electron chi connectivity index (χ0n) is 16.1. The molecule has 0 saturated carbocycles. The first-order valence-electron chi connectivity index (χ1n) is 9.38. The van der Waals surface area contributed by atoms with Gasteiger partial charge in [0.05, 0.1) is 12.7 Å². The Hall–Kier alpha value is -3.79. The zero-order valence-corrected chi connectivity index (χ0v) is 16.1. The van der Waals surface area contributed by atoms with Gasteiger partial charge in [-0.15, -0.1) is 0 Å². The van der Waals surface area contributed by atoms with Gasteiger partial charge in [-0.2, -0.15) is 0 Å². The summed E-state index contributed by atoms with van der Waals surface area (Å²) in [5, 5.41) is 4.86. The summed E-state index contributed by atoms with van der Waals surface area (Å²) in [5.74, 6) is 1.10. The van der Waals surface area contributed by atoms with E-state index < -0.39 is 0 Å². The number of benzene rings is 4. The Balaban J connectivity index is 1.46. The number of carbonyl (C=O) groups is 1. The summed E-state index contributed by atoms with van der Waals surface area (Å²) in [5.41, 5.74) is 2.29. The molecule has 4 aromatic carbocycles. The summed E-state index contributed by atoms with van der Waals surface area (Å²) >= 11 is 0. The molecular weight excluding hydrogens is 362 g/mol. The fourth-order valence-electron chi connectivity index (χ4n) is 3.22. The van der Waals surface area contributed by atoms with Crippen molar-refractivity contribution in [3.8, 4) is 11.5 Å². The largest absolute Gasteiger partial charge is 0.495 e. The standard InChI is InChI=1S/C25H21NO3/c1-28-24-22-10-6-5-9-19(22)11-16-23(24)25(27)26-20-12-14-21(15-13-20)29-17-18-7-3-2-4-8-18/h2-16H,17H2,1H3,(H,26,27). The third-order valence-corrected chi connectivity index (χ3v) is 4.69. The minimum atomic E-state index is -0.217. The molecule has 0 atom stereocenters. The molecule has 4 heteroatoms. The van der Waals surface area contributed by atoms with Crippen LogP contribution in [0.15, 0.2) is 91.0 Å². The Bertz CT molecular complexity index is 1120. The maximum absolute atomic E-state index is 12.8. The van der Waals surface area contributed by atoms with E-state index in [1.54, 1.807) is 13.2 Å². The Labute approximate surface area is 169 Å². The predicted octanol–water partition coefficient (Wildman–Crippen LogP) is 5.68. The highest BCUT2D eigenvalue weighted by Gasteiger charge is 2.15. The van der Waals surface area contributed by atoms with Crippen LogP contribution in [0.2, 0.25) is 0 Å². The van der Waals surface area contributed by atoms with Crippen LogP contribution in [0.3, 0.4) is 0 Å². The third kappa shape index (κ3) is 4.22. The highest BCUT2D eigenvalue weighted by molar-refractivity contribution is 6.10. The second-order valence-electron chi connectivity index (χ2n) is 6.62. The molecule has 4 aromatic rings. The lowest BCUT2D eigenvalue weighted by Gasteiger charge is -2.12. The molecular formula is C25H21NO3. The molecule has 0 heterocycles. The van der Waals surface area contributed by atoms with Gasteiger partial charge < -0.3 is 14.8 Å². The number of fused-ring (bicyclic) bond motifs is 1. The van der Waals surface area contributed by atoms with Crippen LogP contribution in [0.25, 0.3) is 10.8 Å². The molecule has 1 amide bonds. The van der Waals surface area contributed by atoms with Gasteiger partial charge in [0.1, 0.15) is 18.1 Å². The lowest BCUT2D eigenvalue weighted by Crippen LogP contribution is -2.13. The first kappa shape index (κ1) is 18.6. The van der Waals surface area contributed by atoms with Crippen molar-refractivity contribution >= 4 is 22.4 Å².